The Morgan fingerprint density at radius 3 is 3.00 bits per heavy atom. The zero-order valence-corrected chi connectivity index (χ0v) is 6.86. The fourth-order valence-corrected chi connectivity index (χ4v) is 1.33. The Kier molecular flexibility index (Phi) is 3.05. The summed E-state index contributed by atoms with van der Waals surface area (Å²) in [6.45, 7) is 3.81. The Hall–Kier alpha value is -0.380. The number of likely N-dealkylation sites (N-methyl/N-ethyl adjacent to an activating group) is 1. The summed E-state index contributed by atoms with van der Waals surface area (Å²) in [5.74, 6) is 0. The highest BCUT2D eigenvalue weighted by atomic mass is 16.7. The molecule has 11 heavy (non-hydrogen) atoms. The number of aliphatic hydroxyl groups excluding tert-OH is 1. The Balaban J connectivity index is 2.36. The Bertz CT molecular complexity index is 138. The molecule has 1 aliphatic heterocycles. The molecule has 0 unspecified atom stereocenters. The fourth-order valence-electron chi connectivity index (χ4n) is 1.33. The van der Waals surface area contributed by atoms with Crippen LogP contribution in [0.25, 0.3) is 0 Å². The number of aliphatic hydroxyl groups is 1. The number of hydrogen-bond acceptors (Lipinski definition) is 3. The standard InChI is InChI=1S/C8H15NO2/c1-3-4-8-5-7(6-10)9(2)11-8/h3,7-8,10H,1,4-6H2,2H3/t7-,8+/m1/s1. The van der Waals surface area contributed by atoms with E-state index in [0.29, 0.717) is 0 Å². The van der Waals surface area contributed by atoms with Crippen molar-refractivity contribution >= 4 is 0 Å². The molecule has 0 spiro atoms. The molecule has 0 bridgehead atoms. The molecule has 1 N–H and O–H groups in total. The first-order valence-electron chi connectivity index (χ1n) is 3.89. The van der Waals surface area contributed by atoms with Gasteiger partial charge in [0.15, 0.2) is 0 Å². The number of nitrogens with zero attached hydrogens (tertiary/aromatic N) is 1. The summed E-state index contributed by atoms with van der Waals surface area (Å²) in [4.78, 5) is 5.41. The van der Waals surface area contributed by atoms with E-state index >= 15 is 0 Å². The normalized spacial score (nSPS) is 32.5. The average Bonchev–Trinajstić information content (AvgIpc) is 2.32. The van der Waals surface area contributed by atoms with Crippen LogP contribution in [0.1, 0.15) is 12.8 Å². The molecule has 1 heterocycles. The summed E-state index contributed by atoms with van der Waals surface area (Å²) in [5.41, 5.74) is 0. The molecule has 1 fully saturated rings. The summed E-state index contributed by atoms with van der Waals surface area (Å²) in [7, 11) is 1.85. The van der Waals surface area contributed by atoms with Crippen molar-refractivity contribution in [3.8, 4) is 0 Å². The highest BCUT2D eigenvalue weighted by Gasteiger charge is 2.28. The third kappa shape index (κ3) is 2.02. The Labute approximate surface area is 67.2 Å². The molecule has 0 radical (unpaired) electrons. The second-order valence-corrected chi connectivity index (χ2v) is 2.87. The lowest BCUT2D eigenvalue weighted by Crippen LogP contribution is -2.26. The predicted octanol–water partition coefficient (Wildman–Crippen LogP) is 0.559. The van der Waals surface area contributed by atoms with Gasteiger partial charge in [0.25, 0.3) is 0 Å². The lowest BCUT2D eigenvalue weighted by Gasteiger charge is -2.13. The van der Waals surface area contributed by atoms with E-state index in [1.54, 1.807) is 5.06 Å². The summed E-state index contributed by atoms with van der Waals surface area (Å²) < 4.78 is 0. The predicted molar refractivity (Wildman–Crippen MR) is 42.9 cm³/mol. The monoisotopic (exact) mass is 157 g/mol. The molecule has 1 aliphatic rings. The highest BCUT2D eigenvalue weighted by Crippen LogP contribution is 2.20. The second kappa shape index (κ2) is 3.85. The minimum Gasteiger partial charge on any atom is -0.395 e. The third-order valence-electron chi connectivity index (χ3n) is 2.00. The smallest absolute Gasteiger partial charge is 0.0844 e. The maximum atomic E-state index is 8.87. The molecule has 3 nitrogen and oxygen atoms in total. The third-order valence-corrected chi connectivity index (χ3v) is 2.00. The van der Waals surface area contributed by atoms with Crippen LogP contribution in [0, 0.1) is 0 Å². The van der Waals surface area contributed by atoms with Crippen LogP contribution < -0.4 is 0 Å². The van der Waals surface area contributed by atoms with Crippen LogP contribution in [0.2, 0.25) is 0 Å². The fraction of sp³-hybridized carbons (Fsp3) is 0.750. The lowest BCUT2D eigenvalue weighted by atomic mass is 10.1. The van der Waals surface area contributed by atoms with E-state index < -0.39 is 0 Å². The maximum absolute atomic E-state index is 8.87. The topological polar surface area (TPSA) is 32.7 Å². The second-order valence-electron chi connectivity index (χ2n) is 2.87. The van der Waals surface area contributed by atoms with E-state index in [0.717, 1.165) is 12.8 Å². The minimum absolute atomic E-state index is 0.167. The summed E-state index contributed by atoms with van der Waals surface area (Å²) in [6, 6.07) is 0.167. The summed E-state index contributed by atoms with van der Waals surface area (Å²) in [5, 5.41) is 10.6. The molecule has 1 rings (SSSR count). The van der Waals surface area contributed by atoms with Crippen molar-refractivity contribution < 1.29 is 9.94 Å². The molecule has 64 valence electrons. The van der Waals surface area contributed by atoms with Gasteiger partial charge in [-0.05, 0) is 12.8 Å². The van der Waals surface area contributed by atoms with Crippen LogP contribution in [0.5, 0.6) is 0 Å². The van der Waals surface area contributed by atoms with Crippen LogP contribution in [0.3, 0.4) is 0 Å². The lowest BCUT2D eigenvalue weighted by molar-refractivity contribution is -0.146. The first-order valence-corrected chi connectivity index (χ1v) is 3.89. The molecule has 0 saturated carbocycles. The van der Waals surface area contributed by atoms with Gasteiger partial charge in [-0.1, -0.05) is 6.08 Å². The van der Waals surface area contributed by atoms with Crippen molar-refractivity contribution in [3.05, 3.63) is 12.7 Å². The molecule has 2 atom stereocenters. The Morgan fingerprint density at radius 1 is 1.82 bits per heavy atom. The van der Waals surface area contributed by atoms with E-state index in [4.69, 9.17) is 9.94 Å². The van der Waals surface area contributed by atoms with Crippen LogP contribution in [-0.2, 0) is 4.84 Å². The summed E-state index contributed by atoms with van der Waals surface area (Å²) in [6.07, 6.45) is 3.83. The van der Waals surface area contributed by atoms with Crippen molar-refractivity contribution in [1.82, 2.24) is 5.06 Å². The van der Waals surface area contributed by atoms with Gasteiger partial charge >= 0.3 is 0 Å². The van der Waals surface area contributed by atoms with Gasteiger partial charge in [0.2, 0.25) is 0 Å². The number of hydrogen-bond donors (Lipinski definition) is 1. The van der Waals surface area contributed by atoms with Crippen molar-refractivity contribution in [2.75, 3.05) is 13.7 Å². The van der Waals surface area contributed by atoms with Gasteiger partial charge in [-0.15, -0.1) is 6.58 Å². The van der Waals surface area contributed by atoms with E-state index in [1.807, 2.05) is 13.1 Å². The molecule has 1 saturated heterocycles. The van der Waals surface area contributed by atoms with E-state index in [9.17, 15) is 0 Å². The molecular formula is C8H15NO2. The van der Waals surface area contributed by atoms with Gasteiger partial charge in [-0.3, -0.25) is 4.84 Å². The van der Waals surface area contributed by atoms with Gasteiger partial charge in [-0.2, -0.15) is 5.06 Å². The average molecular weight is 157 g/mol. The van der Waals surface area contributed by atoms with Crippen LogP contribution in [0.4, 0.5) is 0 Å². The van der Waals surface area contributed by atoms with Crippen LogP contribution >= 0.6 is 0 Å². The van der Waals surface area contributed by atoms with E-state index in [-0.39, 0.29) is 18.8 Å². The van der Waals surface area contributed by atoms with Crippen molar-refractivity contribution in [2.24, 2.45) is 0 Å². The van der Waals surface area contributed by atoms with Crippen molar-refractivity contribution in [2.45, 2.75) is 25.0 Å². The SMILES string of the molecule is C=CC[C@H]1C[C@H](CO)N(C)O1. The van der Waals surface area contributed by atoms with Gasteiger partial charge in [0, 0.05) is 7.05 Å². The van der Waals surface area contributed by atoms with Gasteiger partial charge in [0.1, 0.15) is 0 Å². The van der Waals surface area contributed by atoms with E-state index in [1.165, 1.54) is 0 Å². The maximum Gasteiger partial charge on any atom is 0.0844 e. The first-order chi connectivity index (χ1) is 5.27. The Morgan fingerprint density at radius 2 is 2.55 bits per heavy atom. The first kappa shape index (κ1) is 8.71. The number of rotatable bonds is 3. The molecule has 0 amide bonds. The zero-order chi connectivity index (χ0) is 8.27. The van der Waals surface area contributed by atoms with Gasteiger partial charge in [0.05, 0.1) is 18.8 Å². The van der Waals surface area contributed by atoms with Gasteiger partial charge in [-0.25, -0.2) is 0 Å². The molecule has 3 heteroatoms. The van der Waals surface area contributed by atoms with E-state index in [2.05, 4.69) is 6.58 Å². The quantitative estimate of drug-likeness (QED) is 0.607. The van der Waals surface area contributed by atoms with Gasteiger partial charge < -0.3 is 5.11 Å². The molecule has 0 aromatic carbocycles. The molecule has 0 aromatic heterocycles. The number of hydroxylamine groups is 2. The summed E-state index contributed by atoms with van der Waals surface area (Å²) >= 11 is 0. The van der Waals surface area contributed by atoms with Crippen molar-refractivity contribution in [3.63, 3.8) is 0 Å². The molecule has 0 aromatic rings. The highest BCUT2D eigenvalue weighted by molar-refractivity contribution is 4.81. The molecule has 0 aliphatic carbocycles. The van der Waals surface area contributed by atoms with Crippen LogP contribution in [-0.4, -0.2) is 36.0 Å². The molecular weight excluding hydrogens is 142 g/mol. The zero-order valence-electron chi connectivity index (χ0n) is 6.86. The minimum atomic E-state index is 0.167. The largest absolute Gasteiger partial charge is 0.395 e. The van der Waals surface area contributed by atoms with Crippen molar-refractivity contribution in [1.29, 1.82) is 0 Å². The van der Waals surface area contributed by atoms with Crippen LogP contribution in [0.15, 0.2) is 12.7 Å².